The molecular weight excluding hydrogens is 435 g/mol. The number of nitrogens with zero attached hydrogens (tertiary/aromatic N) is 1. The number of benzene rings is 2. The van der Waals surface area contributed by atoms with Gasteiger partial charge in [0.15, 0.2) is 12.4 Å². The molecule has 1 aliphatic rings. The Hall–Kier alpha value is -2.08. The van der Waals surface area contributed by atoms with Gasteiger partial charge in [0.25, 0.3) is 5.91 Å². The van der Waals surface area contributed by atoms with Crippen molar-refractivity contribution < 1.29 is 14.3 Å². The first-order valence-corrected chi connectivity index (χ1v) is 11.3. The second-order valence-electron chi connectivity index (χ2n) is 7.93. The van der Waals surface area contributed by atoms with E-state index in [0.717, 1.165) is 37.4 Å². The topological polar surface area (TPSA) is 58.6 Å². The molecule has 7 heteroatoms. The number of hydrogen-bond donors (Lipinski definition) is 1. The molecule has 0 radical (unpaired) electrons. The number of nitrogens with one attached hydrogen (secondary N) is 1. The highest BCUT2D eigenvalue weighted by molar-refractivity contribution is 6.31. The molecule has 0 aliphatic carbocycles. The van der Waals surface area contributed by atoms with Crippen LogP contribution in [0.1, 0.15) is 49.0 Å². The van der Waals surface area contributed by atoms with Crippen LogP contribution in [0.25, 0.3) is 0 Å². The van der Waals surface area contributed by atoms with E-state index in [9.17, 15) is 9.59 Å². The second-order valence-corrected chi connectivity index (χ2v) is 8.81. The van der Waals surface area contributed by atoms with Crippen LogP contribution in [0.3, 0.4) is 0 Å². The van der Waals surface area contributed by atoms with E-state index >= 15 is 0 Å². The van der Waals surface area contributed by atoms with Crippen LogP contribution in [0.15, 0.2) is 42.5 Å². The number of carbonyl (C=O) groups excluding carboxylic acids is 2. The smallest absolute Gasteiger partial charge is 0.258 e. The Morgan fingerprint density at radius 3 is 2.52 bits per heavy atom. The molecule has 0 bridgehead atoms. The third-order valence-electron chi connectivity index (χ3n) is 5.65. The van der Waals surface area contributed by atoms with Gasteiger partial charge in [-0.2, -0.15) is 0 Å². The molecule has 5 nitrogen and oxygen atoms in total. The number of hydrogen-bond acceptors (Lipinski definition) is 4. The lowest BCUT2D eigenvalue weighted by atomic mass is 9.94. The highest BCUT2D eigenvalue weighted by Gasteiger charge is 2.28. The average molecular weight is 463 g/mol. The van der Waals surface area contributed by atoms with Crippen molar-refractivity contribution in [1.82, 2.24) is 10.2 Å². The van der Waals surface area contributed by atoms with E-state index < -0.39 is 0 Å². The van der Waals surface area contributed by atoms with Crippen molar-refractivity contribution in [1.29, 1.82) is 0 Å². The van der Waals surface area contributed by atoms with Crippen molar-refractivity contribution in [2.75, 3.05) is 13.2 Å². The van der Waals surface area contributed by atoms with Gasteiger partial charge in [-0.05, 0) is 62.1 Å². The third kappa shape index (κ3) is 6.70. The van der Waals surface area contributed by atoms with Crippen LogP contribution in [0.4, 0.5) is 0 Å². The quantitative estimate of drug-likeness (QED) is 0.552. The van der Waals surface area contributed by atoms with E-state index in [1.165, 1.54) is 12.5 Å². The molecule has 166 valence electrons. The van der Waals surface area contributed by atoms with Gasteiger partial charge in [-0.15, -0.1) is 0 Å². The molecule has 1 saturated heterocycles. The Balaban J connectivity index is 1.51. The van der Waals surface area contributed by atoms with Crippen LogP contribution in [0.5, 0.6) is 5.75 Å². The summed E-state index contributed by atoms with van der Waals surface area (Å²) in [6.45, 7) is 5.28. The molecule has 1 amide bonds. The van der Waals surface area contributed by atoms with Crippen molar-refractivity contribution in [3.05, 3.63) is 63.6 Å². The molecule has 2 aromatic carbocycles. The van der Waals surface area contributed by atoms with Crippen LogP contribution in [-0.4, -0.2) is 41.8 Å². The molecule has 0 spiro atoms. The van der Waals surface area contributed by atoms with Gasteiger partial charge in [-0.1, -0.05) is 42.3 Å². The molecule has 0 saturated carbocycles. The van der Waals surface area contributed by atoms with Crippen molar-refractivity contribution >= 4 is 34.9 Å². The van der Waals surface area contributed by atoms with Gasteiger partial charge in [0.2, 0.25) is 0 Å². The molecule has 1 aliphatic heterocycles. The maximum Gasteiger partial charge on any atom is 0.258 e. The summed E-state index contributed by atoms with van der Waals surface area (Å²) < 4.78 is 5.61. The van der Waals surface area contributed by atoms with Gasteiger partial charge < -0.3 is 10.1 Å². The van der Waals surface area contributed by atoms with Crippen molar-refractivity contribution in [3.8, 4) is 5.75 Å². The number of likely N-dealkylation sites (tertiary alicyclic amines) is 1. The van der Waals surface area contributed by atoms with Gasteiger partial charge in [0.1, 0.15) is 5.75 Å². The molecular formula is C24H28Cl2N2O3. The molecule has 1 heterocycles. The number of carbonyl (C=O) groups is 2. The van der Waals surface area contributed by atoms with Crippen LogP contribution < -0.4 is 10.1 Å². The Kier molecular flexibility index (Phi) is 8.35. The molecule has 1 fully saturated rings. The summed E-state index contributed by atoms with van der Waals surface area (Å²) >= 11 is 11.9. The first-order valence-electron chi connectivity index (χ1n) is 10.6. The van der Waals surface area contributed by atoms with Crippen molar-refractivity contribution in [3.63, 3.8) is 0 Å². The minimum atomic E-state index is -0.185. The summed E-state index contributed by atoms with van der Waals surface area (Å²) in [6.07, 6.45) is 2.80. The van der Waals surface area contributed by atoms with Crippen LogP contribution in [0, 0.1) is 0 Å². The van der Waals surface area contributed by atoms with Gasteiger partial charge >= 0.3 is 0 Å². The lowest BCUT2D eigenvalue weighted by Crippen LogP contribution is -2.50. The van der Waals surface area contributed by atoms with E-state index in [1.54, 1.807) is 18.2 Å². The first-order chi connectivity index (χ1) is 14.9. The molecule has 0 aromatic heterocycles. The molecule has 2 aromatic rings. The summed E-state index contributed by atoms with van der Waals surface area (Å²) in [5.41, 5.74) is 1.62. The van der Waals surface area contributed by atoms with Gasteiger partial charge in [0.05, 0.1) is 5.56 Å². The van der Waals surface area contributed by atoms with Crippen LogP contribution in [0.2, 0.25) is 10.0 Å². The summed E-state index contributed by atoms with van der Waals surface area (Å²) in [5, 5.41) is 4.29. The molecule has 2 atom stereocenters. The molecule has 3 rings (SSSR count). The number of piperidine rings is 1. The minimum absolute atomic E-state index is 0.111. The highest BCUT2D eigenvalue weighted by atomic mass is 35.5. The van der Waals surface area contributed by atoms with Gasteiger partial charge in [-0.25, -0.2) is 0 Å². The van der Waals surface area contributed by atoms with Crippen molar-refractivity contribution in [2.45, 2.75) is 51.7 Å². The number of amides is 1. The average Bonchev–Trinajstić information content (AvgIpc) is 2.75. The van der Waals surface area contributed by atoms with E-state index in [4.69, 9.17) is 27.9 Å². The second kappa shape index (κ2) is 11.0. The Morgan fingerprint density at radius 1 is 1.13 bits per heavy atom. The number of ketones is 1. The maximum absolute atomic E-state index is 12.5. The summed E-state index contributed by atoms with van der Waals surface area (Å²) in [7, 11) is 0. The van der Waals surface area contributed by atoms with Gasteiger partial charge in [-0.3, -0.25) is 14.5 Å². The summed E-state index contributed by atoms with van der Waals surface area (Å²) in [5.74, 6) is 0.0310. The normalized spacial score (nSPS) is 19.1. The molecule has 31 heavy (non-hydrogen) atoms. The van der Waals surface area contributed by atoms with Crippen LogP contribution >= 0.6 is 23.2 Å². The summed E-state index contributed by atoms with van der Waals surface area (Å²) in [6, 6.07) is 13.3. The molecule has 0 unspecified atom stereocenters. The monoisotopic (exact) mass is 462 g/mol. The maximum atomic E-state index is 12.5. The van der Waals surface area contributed by atoms with Crippen molar-refractivity contribution in [2.24, 2.45) is 0 Å². The highest BCUT2D eigenvalue weighted by Crippen LogP contribution is 2.25. The standard InChI is InChI=1S/C24H28Cl2N2O3/c1-3-21-13-20(10-11-28(21)14-17-4-6-18(25)7-5-17)27-24(30)15-31-23-9-8-19(26)12-22(23)16(2)29/h4-9,12,20-21H,3,10-11,13-15H2,1-2H3,(H,27,30)/t20-,21-/m1/s1. The van der Waals surface area contributed by atoms with E-state index in [1.807, 2.05) is 12.1 Å². The zero-order chi connectivity index (χ0) is 22.4. The van der Waals surface area contributed by atoms with E-state index in [2.05, 4.69) is 29.3 Å². The predicted molar refractivity (Wildman–Crippen MR) is 124 cm³/mol. The fourth-order valence-corrected chi connectivity index (χ4v) is 4.30. The predicted octanol–water partition coefficient (Wildman–Crippen LogP) is 5.13. The van der Waals surface area contributed by atoms with Gasteiger partial charge in [0, 0.05) is 35.2 Å². The first kappa shape index (κ1) is 23.6. The third-order valence-corrected chi connectivity index (χ3v) is 6.14. The number of rotatable bonds is 8. The summed E-state index contributed by atoms with van der Waals surface area (Å²) in [4.78, 5) is 26.7. The largest absolute Gasteiger partial charge is 0.483 e. The fraction of sp³-hybridized carbons (Fsp3) is 0.417. The van der Waals surface area contributed by atoms with Crippen LogP contribution in [-0.2, 0) is 11.3 Å². The Morgan fingerprint density at radius 2 is 1.84 bits per heavy atom. The van der Waals surface area contributed by atoms with E-state index in [0.29, 0.717) is 22.4 Å². The lowest BCUT2D eigenvalue weighted by molar-refractivity contribution is -0.124. The Labute approximate surface area is 193 Å². The fourth-order valence-electron chi connectivity index (χ4n) is 4.00. The van der Waals surface area contributed by atoms with E-state index in [-0.39, 0.29) is 24.3 Å². The number of halogens is 2. The zero-order valence-corrected chi connectivity index (χ0v) is 19.4. The molecule has 1 N–H and O–H groups in total. The Bertz CT molecular complexity index is 918. The number of ether oxygens (including phenoxy) is 1. The zero-order valence-electron chi connectivity index (χ0n) is 17.9. The SMILES string of the molecule is CC[C@@H]1C[C@H](NC(=O)COc2ccc(Cl)cc2C(C)=O)CCN1Cc1ccc(Cl)cc1. The lowest BCUT2D eigenvalue weighted by Gasteiger charge is -2.39. The number of Topliss-reactive ketones (excluding diaryl/α,β-unsaturated/α-hetero) is 1. The minimum Gasteiger partial charge on any atom is -0.483 e.